The molecule has 0 N–H and O–H groups in total. The first-order valence-corrected chi connectivity index (χ1v) is 7.62. The molecule has 1 heterocycles. The van der Waals surface area contributed by atoms with Gasteiger partial charge in [0.15, 0.2) is 5.76 Å². The summed E-state index contributed by atoms with van der Waals surface area (Å²) in [5.74, 6) is 1.08. The van der Waals surface area contributed by atoms with Crippen LogP contribution in [0, 0.1) is 0 Å². The highest BCUT2D eigenvalue weighted by Gasteiger charge is 2.18. The number of hydrogen-bond acceptors (Lipinski definition) is 3. The minimum Gasteiger partial charge on any atom is -0.497 e. The molecule has 0 aliphatic heterocycles. The molecule has 4 heteroatoms. The normalized spacial score (nSPS) is 10.7. The van der Waals surface area contributed by atoms with Crippen molar-refractivity contribution in [2.45, 2.75) is 13.5 Å². The minimum atomic E-state index is -0.0977. The molecule has 4 nitrogen and oxygen atoms in total. The Bertz CT molecular complexity index is 772. The molecule has 0 spiro atoms. The van der Waals surface area contributed by atoms with Gasteiger partial charge in [0.05, 0.1) is 7.11 Å². The van der Waals surface area contributed by atoms with Crippen molar-refractivity contribution in [1.29, 1.82) is 0 Å². The zero-order chi connectivity index (χ0) is 16.2. The number of fused-ring (bicyclic) bond motifs is 1. The Balaban J connectivity index is 1.80. The lowest BCUT2D eigenvalue weighted by Gasteiger charge is -2.19. The molecular formula is C19H19NO3. The summed E-state index contributed by atoms with van der Waals surface area (Å²) >= 11 is 0. The van der Waals surface area contributed by atoms with Gasteiger partial charge in [-0.3, -0.25) is 4.79 Å². The molecule has 0 saturated carbocycles. The van der Waals surface area contributed by atoms with Crippen molar-refractivity contribution in [2.75, 3.05) is 13.7 Å². The van der Waals surface area contributed by atoms with Crippen LogP contribution in [0.3, 0.4) is 0 Å². The van der Waals surface area contributed by atoms with E-state index in [2.05, 4.69) is 0 Å². The number of ether oxygens (including phenoxy) is 1. The van der Waals surface area contributed by atoms with Gasteiger partial charge in [0.1, 0.15) is 11.3 Å². The van der Waals surface area contributed by atoms with Gasteiger partial charge in [0.2, 0.25) is 0 Å². The van der Waals surface area contributed by atoms with Gasteiger partial charge in [-0.2, -0.15) is 0 Å². The molecule has 0 saturated heterocycles. The van der Waals surface area contributed by atoms with Gasteiger partial charge in [0.25, 0.3) is 5.91 Å². The van der Waals surface area contributed by atoms with Crippen molar-refractivity contribution < 1.29 is 13.9 Å². The zero-order valence-electron chi connectivity index (χ0n) is 13.3. The first kappa shape index (κ1) is 15.2. The van der Waals surface area contributed by atoms with Gasteiger partial charge >= 0.3 is 0 Å². The minimum absolute atomic E-state index is 0.0977. The summed E-state index contributed by atoms with van der Waals surface area (Å²) in [5, 5.41) is 0.941. The molecule has 3 aromatic rings. The third-order valence-electron chi connectivity index (χ3n) is 3.84. The molecule has 2 aromatic carbocycles. The van der Waals surface area contributed by atoms with Crippen LogP contribution in [0.4, 0.5) is 0 Å². The van der Waals surface area contributed by atoms with E-state index in [1.807, 2.05) is 55.5 Å². The molecule has 0 fully saturated rings. The van der Waals surface area contributed by atoms with Crippen LogP contribution in [-0.4, -0.2) is 24.5 Å². The largest absolute Gasteiger partial charge is 0.497 e. The van der Waals surface area contributed by atoms with Crippen LogP contribution in [0.1, 0.15) is 23.0 Å². The standard InChI is InChI=1S/C19H19NO3/c1-3-20(13-14-8-10-16(22-2)11-9-14)19(21)18-12-15-6-4-5-7-17(15)23-18/h4-12H,3,13H2,1-2H3. The fourth-order valence-corrected chi connectivity index (χ4v) is 2.52. The van der Waals surface area contributed by atoms with E-state index in [0.29, 0.717) is 18.8 Å². The Morgan fingerprint density at radius 3 is 2.52 bits per heavy atom. The van der Waals surface area contributed by atoms with Gasteiger partial charge < -0.3 is 14.1 Å². The summed E-state index contributed by atoms with van der Waals surface area (Å²) in [6.45, 7) is 3.11. The summed E-state index contributed by atoms with van der Waals surface area (Å²) < 4.78 is 10.8. The molecule has 0 radical (unpaired) electrons. The van der Waals surface area contributed by atoms with Crippen LogP contribution in [0.15, 0.2) is 59.0 Å². The van der Waals surface area contributed by atoms with Crippen molar-refractivity contribution in [2.24, 2.45) is 0 Å². The van der Waals surface area contributed by atoms with E-state index in [-0.39, 0.29) is 5.91 Å². The highest BCUT2D eigenvalue weighted by atomic mass is 16.5. The van der Waals surface area contributed by atoms with Crippen molar-refractivity contribution in [1.82, 2.24) is 4.90 Å². The molecular weight excluding hydrogens is 290 g/mol. The molecule has 0 aliphatic rings. The Morgan fingerprint density at radius 1 is 1.13 bits per heavy atom. The van der Waals surface area contributed by atoms with Crippen LogP contribution in [0.5, 0.6) is 5.75 Å². The van der Waals surface area contributed by atoms with Crippen molar-refractivity contribution >= 4 is 16.9 Å². The van der Waals surface area contributed by atoms with E-state index in [1.54, 1.807) is 18.1 Å². The Labute approximate surface area is 135 Å². The number of carbonyl (C=O) groups is 1. The number of nitrogens with zero attached hydrogens (tertiary/aromatic N) is 1. The number of methoxy groups -OCH3 is 1. The lowest BCUT2D eigenvalue weighted by molar-refractivity contribution is 0.0723. The van der Waals surface area contributed by atoms with Crippen molar-refractivity contribution in [3.8, 4) is 5.75 Å². The molecule has 23 heavy (non-hydrogen) atoms. The van der Waals surface area contributed by atoms with Crippen molar-refractivity contribution in [3.05, 3.63) is 65.9 Å². The predicted molar refractivity (Wildman–Crippen MR) is 89.6 cm³/mol. The van der Waals surface area contributed by atoms with Crippen LogP contribution in [0.2, 0.25) is 0 Å². The molecule has 118 valence electrons. The maximum absolute atomic E-state index is 12.7. The number of para-hydroxylation sites is 1. The second kappa shape index (κ2) is 6.57. The van der Waals surface area contributed by atoms with E-state index >= 15 is 0 Å². The summed E-state index contributed by atoms with van der Waals surface area (Å²) in [4.78, 5) is 14.4. The average molecular weight is 309 g/mol. The SMILES string of the molecule is CCN(Cc1ccc(OC)cc1)C(=O)c1cc2ccccc2o1. The highest BCUT2D eigenvalue weighted by molar-refractivity contribution is 5.96. The van der Waals surface area contributed by atoms with Gasteiger partial charge in [-0.1, -0.05) is 30.3 Å². The van der Waals surface area contributed by atoms with Crippen LogP contribution >= 0.6 is 0 Å². The molecule has 0 bridgehead atoms. The molecule has 0 unspecified atom stereocenters. The van der Waals surface area contributed by atoms with E-state index < -0.39 is 0 Å². The van der Waals surface area contributed by atoms with Crippen molar-refractivity contribution in [3.63, 3.8) is 0 Å². The number of carbonyl (C=O) groups excluding carboxylic acids is 1. The lowest BCUT2D eigenvalue weighted by atomic mass is 10.2. The smallest absolute Gasteiger partial charge is 0.289 e. The topological polar surface area (TPSA) is 42.7 Å². The monoisotopic (exact) mass is 309 g/mol. The van der Waals surface area contributed by atoms with Gasteiger partial charge in [-0.05, 0) is 36.8 Å². The van der Waals surface area contributed by atoms with Gasteiger partial charge in [0, 0.05) is 18.5 Å². The van der Waals surface area contributed by atoms with Crippen LogP contribution in [0.25, 0.3) is 11.0 Å². The fraction of sp³-hybridized carbons (Fsp3) is 0.211. The molecule has 0 atom stereocenters. The Hall–Kier alpha value is -2.75. The Kier molecular flexibility index (Phi) is 4.33. The van der Waals surface area contributed by atoms with Gasteiger partial charge in [-0.15, -0.1) is 0 Å². The summed E-state index contributed by atoms with van der Waals surface area (Å²) in [6.07, 6.45) is 0. The number of amides is 1. The number of benzene rings is 2. The molecule has 3 rings (SSSR count). The molecule has 0 aliphatic carbocycles. The quantitative estimate of drug-likeness (QED) is 0.712. The molecule has 1 aromatic heterocycles. The van der Waals surface area contributed by atoms with E-state index in [0.717, 1.165) is 22.3 Å². The second-order valence-electron chi connectivity index (χ2n) is 5.32. The first-order chi connectivity index (χ1) is 11.2. The van der Waals surface area contributed by atoms with E-state index in [4.69, 9.17) is 9.15 Å². The molecule has 1 amide bonds. The first-order valence-electron chi connectivity index (χ1n) is 7.62. The fourth-order valence-electron chi connectivity index (χ4n) is 2.52. The average Bonchev–Trinajstić information content (AvgIpc) is 3.03. The summed E-state index contributed by atoms with van der Waals surface area (Å²) in [6, 6.07) is 17.2. The summed E-state index contributed by atoms with van der Waals surface area (Å²) in [7, 11) is 1.64. The lowest BCUT2D eigenvalue weighted by Crippen LogP contribution is -2.29. The third-order valence-corrected chi connectivity index (χ3v) is 3.84. The number of hydrogen-bond donors (Lipinski definition) is 0. The zero-order valence-corrected chi connectivity index (χ0v) is 13.3. The predicted octanol–water partition coefficient (Wildman–Crippen LogP) is 4.10. The maximum atomic E-state index is 12.7. The third kappa shape index (κ3) is 3.21. The van der Waals surface area contributed by atoms with Gasteiger partial charge in [-0.25, -0.2) is 0 Å². The van der Waals surface area contributed by atoms with Crippen LogP contribution < -0.4 is 4.74 Å². The van der Waals surface area contributed by atoms with E-state index in [1.165, 1.54) is 0 Å². The highest BCUT2D eigenvalue weighted by Crippen LogP contribution is 2.21. The van der Waals surface area contributed by atoms with Crippen LogP contribution in [-0.2, 0) is 6.54 Å². The second-order valence-corrected chi connectivity index (χ2v) is 5.32. The summed E-state index contributed by atoms with van der Waals surface area (Å²) in [5.41, 5.74) is 1.79. The number of rotatable bonds is 5. The maximum Gasteiger partial charge on any atom is 0.289 e. The Morgan fingerprint density at radius 2 is 1.87 bits per heavy atom. The van der Waals surface area contributed by atoms with E-state index in [9.17, 15) is 4.79 Å². The number of furan rings is 1.